The van der Waals surface area contributed by atoms with E-state index in [0.29, 0.717) is 25.5 Å². The predicted octanol–water partition coefficient (Wildman–Crippen LogP) is 2.69. The molecule has 0 bridgehead atoms. The van der Waals surface area contributed by atoms with Crippen molar-refractivity contribution >= 4 is 11.6 Å². The van der Waals surface area contributed by atoms with Crippen LogP contribution in [0.3, 0.4) is 0 Å². The van der Waals surface area contributed by atoms with Crippen molar-refractivity contribution in [2.75, 3.05) is 19.6 Å². The van der Waals surface area contributed by atoms with Crippen molar-refractivity contribution in [2.45, 2.75) is 32.9 Å². The van der Waals surface area contributed by atoms with E-state index >= 15 is 0 Å². The molecule has 2 rings (SSSR count). The number of rotatable bonds is 6. The van der Waals surface area contributed by atoms with E-state index in [1.54, 1.807) is 0 Å². The molecule has 0 aliphatic heterocycles. The van der Waals surface area contributed by atoms with Crippen molar-refractivity contribution in [3.63, 3.8) is 0 Å². The quantitative estimate of drug-likeness (QED) is 0.627. The van der Waals surface area contributed by atoms with Crippen molar-refractivity contribution in [3.8, 4) is 0 Å². The summed E-state index contributed by atoms with van der Waals surface area (Å²) in [4.78, 5) is 8.50. The molecule has 5 nitrogen and oxygen atoms in total. The summed E-state index contributed by atoms with van der Waals surface area (Å²) in [6.45, 7) is 4.71. The second-order valence-electron chi connectivity index (χ2n) is 5.46. The Morgan fingerprint density at radius 3 is 2.79 bits per heavy atom. The zero-order valence-electron chi connectivity index (χ0n) is 13.8. The van der Waals surface area contributed by atoms with E-state index in [1.807, 2.05) is 42.8 Å². The van der Waals surface area contributed by atoms with Crippen LogP contribution in [0.1, 0.15) is 24.6 Å². The Morgan fingerprint density at radius 2 is 2.12 bits per heavy atom. The standard InChI is InChI=1S/C16H22F3N5/c1-3-20-15(22-9-7-16(17,18)19)21-8-6-13-11-24-10-4-5-12(2)14(24)23-13/h4-5,10-11H,3,6-9H2,1-2H3,(H2,20,21,22). The lowest BCUT2D eigenvalue weighted by atomic mass is 10.3. The summed E-state index contributed by atoms with van der Waals surface area (Å²) in [6, 6.07) is 3.96. The van der Waals surface area contributed by atoms with E-state index in [4.69, 9.17) is 0 Å². The zero-order chi connectivity index (χ0) is 17.6. The molecule has 2 aromatic heterocycles. The number of halogens is 3. The van der Waals surface area contributed by atoms with Crippen molar-refractivity contribution in [2.24, 2.45) is 4.99 Å². The molecule has 0 unspecified atom stereocenters. The molecule has 0 fully saturated rings. The van der Waals surface area contributed by atoms with E-state index in [0.717, 1.165) is 16.9 Å². The highest BCUT2D eigenvalue weighted by molar-refractivity contribution is 5.79. The van der Waals surface area contributed by atoms with Gasteiger partial charge in [-0.25, -0.2) is 4.98 Å². The van der Waals surface area contributed by atoms with Crippen molar-refractivity contribution in [1.82, 2.24) is 20.0 Å². The second-order valence-corrected chi connectivity index (χ2v) is 5.46. The van der Waals surface area contributed by atoms with Gasteiger partial charge < -0.3 is 15.0 Å². The first kappa shape index (κ1) is 18.1. The molecule has 0 radical (unpaired) electrons. The molecule has 0 aliphatic rings. The largest absolute Gasteiger partial charge is 0.390 e. The highest BCUT2D eigenvalue weighted by atomic mass is 19.4. The number of fused-ring (bicyclic) bond motifs is 1. The number of nitrogens with one attached hydrogen (secondary N) is 2. The van der Waals surface area contributed by atoms with Crippen molar-refractivity contribution < 1.29 is 13.2 Å². The van der Waals surface area contributed by atoms with Gasteiger partial charge in [0.25, 0.3) is 0 Å². The monoisotopic (exact) mass is 341 g/mol. The Bertz CT molecular complexity index is 691. The topological polar surface area (TPSA) is 53.7 Å². The molecular formula is C16H22F3N5. The van der Waals surface area contributed by atoms with Gasteiger partial charge in [-0.15, -0.1) is 0 Å². The average molecular weight is 341 g/mol. The van der Waals surface area contributed by atoms with Crippen LogP contribution in [0.15, 0.2) is 29.5 Å². The minimum Gasteiger partial charge on any atom is -0.357 e. The van der Waals surface area contributed by atoms with E-state index in [9.17, 15) is 13.2 Å². The van der Waals surface area contributed by atoms with Crippen LogP contribution in [0.5, 0.6) is 0 Å². The molecule has 0 aromatic carbocycles. The molecule has 8 heteroatoms. The molecule has 0 aliphatic carbocycles. The second kappa shape index (κ2) is 8.03. The maximum atomic E-state index is 12.2. The summed E-state index contributed by atoms with van der Waals surface area (Å²) >= 11 is 0. The fourth-order valence-corrected chi connectivity index (χ4v) is 2.27. The third-order valence-electron chi connectivity index (χ3n) is 3.41. The smallest absolute Gasteiger partial charge is 0.357 e. The number of alkyl halides is 3. The first-order chi connectivity index (χ1) is 11.4. The molecule has 0 amide bonds. The summed E-state index contributed by atoms with van der Waals surface area (Å²) in [5.41, 5.74) is 2.93. The van der Waals surface area contributed by atoms with Crippen LogP contribution >= 0.6 is 0 Å². The lowest BCUT2D eigenvalue weighted by Gasteiger charge is -2.11. The summed E-state index contributed by atoms with van der Waals surface area (Å²) in [5, 5.41) is 5.97. The molecule has 0 atom stereocenters. The number of aliphatic imine (C=N–C) groups is 1. The molecular weight excluding hydrogens is 319 g/mol. The molecule has 2 aromatic rings. The number of hydrogen-bond donors (Lipinski definition) is 2. The SMILES string of the molecule is CCNC(=NCCC(F)(F)F)NCCc1cn2cccc(C)c2n1. The average Bonchev–Trinajstić information content (AvgIpc) is 2.90. The Kier molecular flexibility index (Phi) is 6.05. The lowest BCUT2D eigenvalue weighted by Crippen LogP contribution is -2.38. The number of pyridine rings is 1. The molecule has 2 N–H and O–H groups in total. The molecule has 24 heavy (non-hydrogen) atoms. The maximum absolute atomic E-state index is 12.2. The third kappa shape index (κ3) is 5.43. The van der Waals surface area contributed by atoms with E-state index < -0.39 is 12.6 Å². The molecule has 132 valence electrons. The van der Waals surface area contributed by atoms with Gasteiger partial charge in [0.15, 0.2) is 5.96 Å². The normalized spacial score (nSPS) is 12.6. The van der Waals surface area contributed by atoms with Crippen LogP contribution in [0.25, 0.3) is 5.65 Å². The Labute approximate surface area is 139 Å². The van der Waals surface area contributed by atoms with Crippen LogP contribution in [-0.4, -0.2) is 41.2 Å². The fraction of sp³-hybridized carbons (Fsp3) is 0.500. The van der Waals surface area contributed by atoms with Gasteiger partial charge in [0, 0.05) is 31.9 Å². The van der Waals surface area contributed by atoms with Crippen LogP contribution in [0.2, 0.25) is 0 Å². The Balaban J connectivity index is 1.89. The van der Waals surface area contributed by atoms with E-state index in [-0.39, 0.29) is 6.54 Å². The summed E-state index contributed by atoms with van der Waals surface area (Å²) in [7, 11) is 0. The summed E-state index contributed by atoms with van der Waals surface area (Å²) in [6.07, 6.45) is -0.554. The molecule has 2 heterocycles. The molecule has 0 saturated heterocycles. The van der Waals surface area contributed by atoms with E-state index in [2.05, 4.69) is 20.6 Å². The number of aromatic nitrogens is 2. The van der Waals surface area contributed by atoms with E-state index in [1.165, 1.54) is 0 Å². The van der Waals surface area contributed by atoms with Gasteiger partial charge in [0.05, 0.1) is 18.7 Å². The molecule has 0 spiro atoms. The van der Waals surface area contributed by atoms with Crippen molar-refractivity contribution in [1.29, 1.82) is 0 Å². The highest BCUT2D eigenvalue weighted by Gasteiger charge is 2.26. The summed E-state index contributed by atoms with van der Waals surface area (Å²) < 4.78 is 38.5. The van der Waals surface area contributed by atoms with Gasteiger partial charge in [-0.1, -0.05) is 6.07 Å². The van der Waals surface area contributed by atoms with Crippen LogP contribution in [0.4, 0.5) is 13.2 Å². The van der Waals surface area contributed by atoms with Gasteiger partial charge >= 0.3 is 6.18 Å². The third-order valence-corrected chi connectivity index (χ3v) is 3.41. The van der Waals surface area contributed by atoms with Gasteiger partial charge in [-0.3, -0.25) is 4.99 Å². The van der Waals surface area contributed by atoms with Gasteiger partial charge in [-0.05, 0) is 25.5 Å². The maximum Gasteiger partial charge on any atom is 0.390 e. The van der Waals surface area contributed by atoms with Gasteiger partial charge in [-0.2, -0.15) is 13.2 Å². The predicted molar refractivity (Wildman–Crippen MR) is 88.3 cm³/mol. The van der Waals surface area contributed by atoms with Crippen LogP contribution in [-0.2, 0) is 6.42 Å². The van der Waals surface area contributed by atoms with Gasteiger partial charge in [0.2, 0.25) is 0 Å². The first-order valence-corrected chi connectivity index (χ1v) is 7.91. The number of guanidine groups is 1. The number of hydrogen-bond acceptors (Lipinski definition) is 2. The fourth-order valence-electron chi connectivity index (χ4n) is 2.27. The minimum absolute atomic E-state index is 0.285. The zero-order valence-corrected chi connectivity index (χ0v) is 13.8. The Hall–Kier alpha value is -2.25. The highest BCUT2D eigenvalue weighted by Crippen LogP contribution is 2.18. The molecule has 0 saturated carbocycles. The number of aryl methyl sites for hydroxylation is 1. The van der Waals surface area contributed by atoms with Crippen molar-refractivity contribution in [3.05, 3.63) is 35.8 Å². The first-order valence-electron chi connectivity index (χ1n) is 7.91. The van der Waals surface area contributed by atoms with Crippen LogP contribution in [0, 0.1) is 6.92 Å². The lowest BCUT2D eigenvalue weighted by molar-refractivity contribution is -0.132. The number of imidazole rings is 1. The Morgan fingerprint density at radius 1 is 1.33 bits per heavy atom. The number of nitrogens with zero attached hydrogens (tertiary/aromatic N) is 3. The van der Waals surface area contributed by atoms with Crippen LogP contribution < -0.4 is 10.6 Å². The minimum atomic E-state index is -4.19. The van der Waals surface area contributed by atoms with Gasteiger partial charge in [0.1, 0.15) is 5.65 Å². The summed E-state index contributed by atoms with van der Waals surface area (Å²) in [5.74, 6) is 0.390.